The molecular formula is C21H21N5O3. The van der Waals surface area contributed by atoms with Crippen LogP contribution in [-0.2, 0) is 0 Å². The summed E-state index contributed by atoms with van der Waals surface area (Å²) in [4.78, 5) is 34.4. The Bertz CT molecular complexity index is 1040. The van der Waals surface area contributed by atoms with E-state index >= 15 is 0 Å². The van der Waals surface area contributed by atoms with Gasteiger partial charge in [0.05, 0.1) is 11.3 Å². The zero-order chi connectivity index (χ0) is 20.4. The lowest BCUT2D eigenvalue weighted by molar-refractivity contribution is 0.0684. The lowest BCUT2D eigenvalue weighted by Gasteiger charge is -2.30. The van der Waals surface area contributed by atoms with Gasteiger partial charge in [-0.1, -0.05) is 30.3 Å². The maximum absolute atomic E-state index is 12.7. The highest BCUT2D eigenvalue weighted by Crippen LogP contribution is 2.27. The molecule has 2 N–H and O–H groups in total. The Labute approximate surface area is 167 Å². The fourth-order valence-electron chi connectivity index (χ4n) is 3.60. The van der Waals surface area contributed by atoms with E-state index in [0.717, 1.165) is 24.2 Å². The topological polar surface area (TPSA) is 112 Å². The van der Waals surface area contributed by atoms with Gasteiger partial charge in [0.2, 0.25) is 0 Å². The molecule has 0 bridgehead atoms. The van der Waals surface area contributed by atoms with Crippen LogP contribution in [0.2, 0.25) is 0 Å². The Kier molecular flexibility index (Phi) is 5.07. The maximum Gasteiger partial charge on any atom is 0.337 e. The van der Waals surface area contributed by atoms with Crippen molar-refractivity contribution in [3.8, 4) is 11.4 Å². The maximum atomic E-state index is 12.7. The molecule has 0 saturated carbocycles. The van der Waals surface area contributed by atoms with Crippen molar-refractivity contribution in [2.45, 2.75) is 25.7 Å². The number of carboxylic acids is 1. The molecule has 29 heavy (non-hydrogen) atoms. The van der Waals surface area contributed by atoms with Crippen molar-refractivity contribution in [3.63, 3.8) is 0 Å². The smallest absolute Gasteiger partial charge is 0.337 e. The van der Waals surface area contributed by atoms with E-state index in [-0.39, 0.29) is 23.1 Å². The van der Waals surface area contributed by atoms with Crippen molar-refractivity contribution in [1.82, 2.24) is 25.1 Å². The molecule has 1 amide bonds. The van der Waals surface area contributed by atoms with E-state index in [0.29, 0.717) is 24.6 Å². The second-order valence-electron chi connectivity index (χ2n) is 7.11. The van der Waals surface area contributed by atoms with Crippen LogP contribution in [0.1, 0.15) is 51.1 Å². The van der Waals surface area contributed by atoms with Crippen molar-refractivity contribution in [2.24, 2.45) is 0 Å². The number of amides is 1. The second kappa shape index (κ2) is 7.83. The number of aromatic amines is 1. The number of pyridine rings is 1. The predicted molar refractivity (Wildman–Crippen MR) is 106 cm³/mol. The number of nitrogens with zero attached hydrogens (tertiary/aromatic N) is 4. The Morgan fingerprint density at radius 3 is 2.45 bits per heavy atom. The molecular weight excluding hydrogens is 370 g/mol. The number of likely N-dealkylation sites (tertiary alicyclic amines) is 1. The van der Waals surface area contributed by atoms with Crippen molar-refractivity contribution < 1.29 is 14.7 Å². The Morgan fingerprint density at radius 2 is 1.79 bits per heavy atom. The van der Waals surface area contributed by atoms with Crippen LogP contribution >= 0.6 is 0 Å². The number of nitrogens with one attached hydrogen (secondary N) is 1. The van der Waals surface area contributed by atoms with Crippen molar-refractivity contribution >= 4 is 11.9 Å². The van der Waals surface area contributed by atoms with Gasteiger partial charge in [0.25, 0.3) is 5.91 Å². The highest BCUT2D eigenvalue weighted by molar-refractivity contribution is 5.94. The third-order valence-electron chi connectivity index (χ3n) is 5.24. The molecule has 2 aromatic heterocycles. The summed E-state index contributed by atoms with van der Waals surface area (Å²) in [5.41, 5.74) is 1.69. The molecule has 0 spiro atoms. The molecule has 0 atom stereocenters. The third kappa shape index (κ3) is 3.87. The Morgan fingerprint density at radius 1 is 1.07 bits per heavy atom. The molecule has 3 aromatic rings. The first-order valence-electron chi connectivity index (χ1n) is 9.51. The molecule has 8 heteroatoms. The zero-order valence-corrected chi connectivity index (χ0v) is 16.0. The molecule has 1 aliphatic rings. The van der Waals surface area contributed by atoms with E-state index in [4.69, 9.17) is 5.11 Å². The summed E-state index contributed by atoms with van der Waals surface area (Å²) in [5, 5.41) is 16.5. The van der Waals surface area contributed by atoms with E-state index in [1.54, 1.807) is 11.8 Å². The molecule has 8 nitrogen and oxygen atoms in total. The number of H-pyrrole nitrogens is 1. The molecule has 0 radical (unpaired) electrons. The normalized spacial score (nSPS) is 14.7. The first kappa shape index (κ1) is 18.8. The number of piperidine rings is 1. The van der Waals surface area contributed by atoms with E-state index in [1.165, 1.54) is 12.1 Å². The zero-order valence-electron chi connectivity index (χ0n) is 16.0. The van der Waals surface area contributed by atoms with Gasteiger partial charge in [-0.05, 0) is 31.9 Å². The number of hydrogen-bond acceptors (Lipinski definition) is 5. The van der Waals surface area contributed by atoms with Gasteiger partial charge in [-0.25, -0.2) is 14.8 Å². The summed E-state index contributed by atoms with van der Waals surface area (Å²) in [6, 6.07) is 12.7. The lowest BCUT2D eigenvalue weighted by Crippen LogP contribution is -2.38. The molecule has 4 rings (SSSR count). The number of aryl methyl sites for hydroxylation is 1. The highest BCUT2D eigenvalue weighted by Gasteiger charge is 2.27. The van der Waals surface area contributed by atoms with Crippen LogP contribution in [0.3, 0.4) is 0 Å². The standard InChI is InChI=1S/C21H21N5O3/c1-13-16(21(28)29)7-8-17(22-13)20(27)26-11-9-15(10-12-26)19-23-18(24-25-19)14-5-3-2-4-6-14/h2-8,15H,9-12H2,1H3,(H,28,29)(H,23,24,25). The Hall–Kier alpha value is -3.55. The Balaban J connectivity index is 1.41. The molecule has 3 heterocycles. The van der Waals surface area contributed by atoms with Crippen LogP contribution in [0.4, 0.5) is 0 Å². The monoisotopic (exact) mass is 391 g/mol. The van der Waals surface area contributed by atoms with Crippen molar-refractivity contribution in [3.05, 3.63) is 65.2 Å². The average molecular weight is 391 g/mol. The largest absolute Gasteiger partial charge is 0.478 e. The summed E-state index contributed by atoms with van der Waals surface area (Å²) in [6.07, 6.45) is 1.56. The summed E-state index contributed by atoms with van der Waals surface area (Å²) >= 11 is 0. The fourth-order valence-corrected chi connectivity index (χ4v) is 3.60. The molecule has 0 aliphatic carbocycles. The van der Waals surface area contributed by atoms with E-state index in [2.05, 4.69) is 20.2 Å². The summed E-state index contributed by atoms with van der Waals surface area (Å²) < 4.78 is 0. The summed E-state index contributed by atoms with van der Waals surface area (Å²) in [7, 11) is 0. The minimum Gasteiger partial charge on any atom is -0.478 e. The quantitative estimate of drug-likeness (QED) is 0.707. The van der Waals surface area contributed by atoms with Gasteiger partial charge in [-0.2, -0.15) is 5.10 Å². The van der Waals surface area contributed by atoms with Gasteiger partial charge in [-0.15, -0.1) is 0 Å². The number of carboxylic acid groups (broad SMARTS) is 1. The number of aromatic carboxylic acids is 1. The number of aromatic nitrogens is 4. The van der Waals surface area contributed by atoms with Gasteiger partial charge >= 0.3 is 5.97 Å². The van der Waals surface area contributed by atoms with Gasteiger partial charge in [0.15, 0.2) is 5.82 Å². The minimum atomic E-state index is -1.04. The van der Waals surface area contributed by atoms with Crippen LogP contribution in [0, 0.1) is 6.92 Å². The van der Waals surface area contributed by atoms with E-state index in [9.17, 15) is 9.59 Å². The summed E-state index contributed by atoms with van der Waals surface area (Å²) in [5.74, 6) is 0.518. The van der Waals surface area contributed by atoms with Crippen LogP contribution < -0.4 is 0 Å². The van der Waals surface area contributed by atoms with E-state index < -0.39 is 5.97 Å². The molecule has 0 unspecified atom stereocenters. The van der Waals surface area contributed by atoms with Crippen molar-refractivity contribution in [2.75, 3.05) is 13.1 Å². The minimum absolute atomic E-state index is 0.111. The predicted octanol–water partition coefficient (Wildman–Crippen LogP) is 2.89. The number of carbonyl (C=O) groups excluding carboxylic acids is 1. The van der Waals surface area contributed by atoms with Crippen molar-refractivity contribution in [1.29, 1.82) is 0 Å². The lowest BCUT2D eigenvalue weighted by atomic mass is 9.96. The highest BCUT2D eigenvalue weighted by atomic mass is 16.4. The number of benzene rings is 1. The molecule has 1 saturated heterocycles. The fraction of sp³-hybridized carbons (Fsp3) is 0.286. The number of carbonyl (C=O) groups is 2. The SMILES string of the molecule is Cc1nc(C(=O)N2CCC(c3nc(-c4ccccc4)n[nH]3)CC2)ccc1C(=O)O. The average Bonchev–Trinajstić information content (AvgIpc) is 3.24. The van der Waals surface area contributed by atoms with Gasteiger partial charge in [-0.3, -0.25) is 9.89 Å². The third-order valence-corrected chi connectivity index (χ3v) is 5.24. The molecule has 1 aliphatic heterocycles. The van der Waals surface area contributed by atoms with Gasteiger partial charge in [0, 0.05) is 24.6 Å². The summed E-state index contributed by atoms with van der Waals surface area (Å²) in [6.45, 7) is 2.78. The molecule has 1 fully saturated rings. The van der Waals surface area contributed by atoms with Crippen LogP contribution in [0.5, 0.6) is 0 Å². The molecule has 1 aromatic carbocycles. The van der Waals surface area contributed by atoms with E-state index in [1.807, 2.05) is 30.3 Å². The first-order valence-corrected chi connectivity index (χ1v) is 9.51. The van der Waals surface area contributed by atoms with Gasteiger partial charge in [0.1, 0.15) is 11.5 Å². The first-order chi connectivity index (χ1) is 14.0. The number of hydrogen-bond donors (Lipinski definition) is 2. The number of rotatable bonds is 4. The van der Waals surface area contributed by atoms with Gasteiger partial charge < -0.3 is 10.0 Å². The van der Waals surface area contributed by atoms with Crippen LogP contribution in [0.15, 0.2) is 42.5 Å². The van der Waals surface area contributed by atoms with Crippen LogP contribution in [-0.4, -0.2) is 55.1 Å². The van der Waals surface area contributed by atoms with Crippen LogP contribution in [0.25, 0.3) is 11.4 Å². The second-order valence-corrected chi connectivity index (χ2v) is 7.11. The molecule has 148 valence electrons.